The number of carbonyl (C=O) groups is 1. The van der Waals surface area contributed by atoms with Gasteiger partial charge in [0.1, 0.15) is 11.6 Å². The van der Waals surface area contributed by atoms with Gasteiger partial charge in [0, 0.05) is 11.9 Å². The first-order chi connectivity index (χ1) is 9.74. The van der Waals surface area contributed by atoms with E-state index in [4.69, 9.17) is 16.3 Å². The minimum absolute atomic E-state index is 0.0706. The molecule has 0 aliphatic rings. The number of benzene rings is 1. The predicted octanol–water partition coefficient (Wildman–Crippen LogP) is 2.86. The molecule has 1 amide bonds. The van der Waals surface area contributed by atoms with E-state index in [1.807, 2.05) is 42.5 Å². The van der Waals surface area contributed by atoms with E-state index in [0.29, 0.717) is 6.54 Å². The van der Waals surface area contributed by atoms with Crippen molar-refractivity contribution >= 4 is 23.2 Å². The molecule has 1 aromatic carbocycles. The number of carbonyl (C=O) groups excluding carboxylic acids is 1. The summed E-state index contributed by atoms with van der Waals surface area (Å²) >= 11 is 5.69. The third-order valence-corrected chi connectivity index (χ3v) is 3.07. The molecular weight excluding hydrogens is 276 g/mol. The normalized spacial score (nSPS) is 10.1. The van der Waals surface area contributed by atoms with E-state index in [1.54, 1.807) is 18.2 Å². The molecule has 0 unspecified atom stereocenters. The second-order valence-electron chi connectivity index (χ2n) is 4.13. The van der Waals surface area contributed by atoms with Crippen LogP contribution in [0.5, 0.6) is 5.75 Å². The standard InChI is InChI=1S/C15H15ClN2O2/c1-20-14-7-5-13(6-8-14)18(15(19)10-16)11-12-4-2-3-9-17-12/h2-9H,10-11H2,1H3. The summed E-state index contributed by atoms with van der Waals surface area (Å²) in [6.45, 7) is 0.388. The molecule has 0 spiro atoms. The van der Waals surface area contributed by atoms with Crippen LogP contribution in [0.2, 0.25) is 0 Å². The van der Waals surface area contributed by atoms with Gasteiger partial charge in [-0.15, -0.1) is 11.6 Å². The van der Waals surface area contributed by atoms with E-state index in [0.717, 1.165) is 17.1 Å². The maximum Gasteiger partial charge on any atom is 0.242 e. The van der Waals surface area contributed by atoms with Gasteiger partial charge in [-0.05, 0) is 36.4 Å². The molecule has 0 fully saturated rings. The smallest absolute Gasteiger partial charge is 0.242 e. The third-order valence-electron chi connectivity index (χ3n) is 2.85. The maximum atomic E-state index is 12.0. The summed E-state index contributed by atoms with van der Waals surface area (Å²) in [5.41, 5.74) is 1.57. The van der Waals surface area contributed by atoms with Crippen molar-refractivity contribution in [2.45, 2.75) is 6.54 Å². The number of nitrogens with zero attached hydrogens (tertiary/aromatic N) is 2. The lowest BCUT2D eigenvalue weighted by Gasteiger charge is -2.21. The van der Waals surface area contributed by atoms with E-state index in [1.165, 1.54) is 0 Å². The van der Waals surface area contributed by atoms with Crippen LogP contribution < -0.4 is 9.64 Å². The topological polar surface area (TPSA) is 42.4 Å². The number of aromatic nitrogens is 1. The summed E-state index contributed by atoms with van der Waals surface area (Å²) in [7, 11) is 1.60. The lowest BCUT2D eigenvalue weighted by atomic mass is 10.2. The van der Waals surface area contributed by atoms with E-state index in [9.17, 15) is 4.79 Å². The van der Waals surface area contributed by atoms with Gasteiger partial charge in [-0.25, -0.2) is 0 Å². The first-order valence-corrected chi connectivity index (χ1v) is 6.68. The fourth-order valence-electron chi connectivity index (χ4n) is 1.81. The lowest BCUT2D eigenvalue weighted by Crippen LogP contribution is -2.31. The summed E-state index contributed by atoms with van der Waals surface area (Å²) in [6, 6.07) is 12.9. The van der Waals surface area contributed by atoms with E-state index in [2.05, 4.69) is 4.98 Å². The van der Waals surface area contributed by atoms with Gasteiger partial charge in [0.05, 0.1) is 19.3 Å². The van der Waals surface area contributed by atoms with Crippen LogP contribution in [0.1, 0.15) is 5.69 Å². The first kappa shape index (κ1) is 14.3. The van der Waals surface area contributed by atoms with Gasteiger partial charge in [-0.1, -0.05) is 6.07 Å². The number of alkyl halides is 1. The Labute approximate surface area is 123 Å². The van der Waals surface area contributed by atoms with Crippen LogP contribution in [0.3, 0.4) is 0 Å². The molecule has 1 heterocycles. The highest BCUT2D eigenvalue weighted by molar-refractivity contribution is 6.29. The molecule has 2 rings (SSSR count). The van der Waals surface area contributed by atoms with Gasteiger partial charge < -0.3 is 9.64 Å². The number of halogens is 1. The molecule has 2 aromatic rings. The molecule has 20 heavy (non-hydrogen) atoms. The highest BCUT2D eigenvalue weighted by atomic mass is 35.5. The molecule has 0 atom stereocenters. The molecular formula is C15H15ClN2O2. The molecule has 4 nitrogen and oxygen atoms in total. The van der Waals surface area contributed by atoms with Gasteiger partial charge >= 0.3 is 0 Å². The quantitative estimate of drug-likeness (QED) is 0.795. The fourth-order valence-corrected chi connectivity index (χ4v) is 1.96. The minimum Gasteiger partial charge on any atom is -0.497 e. The largest absolute Gasteiger partial charge is 0.497 e. The first-order valence-electron chi connectivity index (χ1n) is 6.15. The van der Waals surface area contributed by atoms with Crippen molar-refractivity contribution in [1.82, 2.24) is 4.98 Å². The van der Waals surface area contributed by atoms with Crippen molar-refractivity contribution < 1.29 is 9.53 Å². The number of hydrogen-bond donors (Lipinski definition) is 0. The van der Waals surface area contributed by atoms with E-state index in [-0.39, 0.29) is 11.8 Å². The van der Waals surface area contributed by atoms with Crippen LogP contribution in [-0.4, -0.2) is 23.9 Å². The number of anilines is 1. The number of ether oxygens (including phenoxy) is 1. The van der Waals surface area contributed by atoms with Crippen molar-refractivity contribution in [2.75, 3.05) is 17.9 Å². The number of amides is 1. The average molecular weight is 291 g/mol. The summed E-state index contributed by atoms with van der Waals surface area (Å²) in [5, 5.41) is 0. The Bertz CT molecular complexity index is 558. The Morgan fingerprint density at radius 3 is 2.55 bits per heavy atom. The van der Waals surface area contributed by atoms with Crippen molar-refractivity contribution in [1.29, 1.82) is 0 Å². The average Bonchev–Trinajstić information content (AvgIpc) is 2.53. The maximum absolute atomic E-state index is 12.0. The Hall–Kier alpha value is -2.07. The van der Waals surface area contributed by atoms with Crippen LogP contribution in [0.15, 0.2) is 48.7 Å². The summed E-state index contributed by atoms with van der Waals surface area (Å²) in [6.07, 6.45) is 1.70. The lowest BCUT2D eigenvalue weighted by molar-refractivity contribution is -0.116. The van der Waals surface area contributed by atoms with Gasteiger partial charge in [0.2, 0.25) is 5.91 Å². The second kappa shape index (κ2) is 6.91. The Kier molecular flexibility index (Phi) is 4.96. The SMILES string of the molecule is COc1ccc(N(Cc2ccccn2)C(=O)CCl)cc1. The molecule has 104 valence electrons. The molecule has 0 aliphatic heterocycles. The van der Waals surface area contributed by atoms with Crippen molar-refractivity contribution in [3.8, 4) is 5.75 Å². The molecule has 1 aromatic heterocycles. The zero-order chi connectivity index (χ0) is 14.4. The monoisotopic (exact) mass is 290 g/mol. The van der Waals surface area contributed by atoms with Crippen LogP contribution in [0, 0.1) is 0 Å². The Morgan fingerprint density at radius 2 is 2.00 bits per heavy atom. The predicted molar refractivity (Wildman–Crippen MR) is 79.1 cm³/mol. The molecule has 5 heteroatoms. The van der Waals surface area contributed by atoms with Crippen LogP contribution in [0.25, 0.3) is 0 Å². The van der Waals surface area contributed by atoms with Crippen molar-refractivity contribution in [2.24, 2.45) is 0 Å². The molecule has 0 saturated carbocycles. The van der Waals surface area contributed by atoms with Gasteiger partial charge in [0.15, 0.2) is 0 Å². The molecule has 0 radical (unpaired) electrons. The molecule has 0 saturated heterocycles. The fraction of sp³-hybridized carbons (Fsp3) is 0.200. The molecule has 0 aliphatic carbocycles. The number of rotatable bonds is 5. The van der Waals surface area contributed by atoms with E-state index >= 15 is 0 Å². The number of pyridine rings is 1. The number of methoxy groups -OCH3 is 1. The van der Waals surface area contributed by atoms with Crippen LogP contribution in [0.4, 0.5) is 5.69 Å². The Balaban J connectivity index is 2.25. The summed E-state index contributed by atoms with van der Waals surface area (Å²) < 4.78 is 5.11. The van der Waals surface area contributed by atoms with Gasteiger partial charge in [-0.3, -0.25) is 9.78 Å². The second-order valence-corrected chi connectivity index (χ2v) is 4.40. The number of hydrogen-bond acceptors (Lipinski definition) is 3. The summed E-state index contributed by atoms with van der Waals surface area (Å²) in [5.74, 6) is 0.506. The highest BCUT2D eigenvalue weighted by Crippen LogP contribution is 2.21. The highest BCUT2D eigenvalue weighted by Gasteiger charge is 2.15. The van der Waals surface area contributed by atoms with E-state index < -0.39 is 0 Å². The zero-order valence-electron chi connectivity index (χ0n) is 11.1. The van der Waals surface area contributed by atoms with Crippen LogP contribution in [-0.2, 0) is 11.3 Å². The van der Waals surface area contributed by atoms with Crippen molar-refractivity contribution in [3.05, 3.63) is 54.4 Å². The van der Waals surface area contributed by atoms with Crippen molar-refractivity contribution in [3.63, 3.8) is 0 Å². The van der Waals surface area contributed by atoms with Crippen LogP contribution >= 0.6 is 11.6 Å². The Morgan fingerprint density at radius 1 is 1.25 bits per heavy atom. The minimum atomic E-state index is -0.164. The third kappa shape index (κ3) is 3.48. The molecule has 0 N–H and O–H groups in total. The van der Waals surface area contributed by atoms with Gasteiger partial charge in [-0.2, -0.15) is 0 Å². The summed E-state index contributed by atoms with van der Waals surface area (Å²) in [4.78, 5) is 17.8. The zero-order valence-corrected chi connectivity index (χ0v) is 11.9. The molecule has 0 bridgehead atoms. The van der Waals surface area contributed by atoms with Gasteiger partial charge in [0.25, 0.3) is 0 Å².